The van der Waals surface area contributed by atoms with Crippen molar-refractivity contribution < 1.29 is 0 Å². The number of aromatic nitrogens is 3. The Labute approximate surface area is 109 Å². The van der Waals surface area contributed by atoms with E-state index in [9.17, 15) is 0 Å². The van der Waals surface area contributed by atoms with Gasteiger partial charge in [-0.25, -0.2) is 4.98 Å². The molecule has 90 valence electrons. The van der Waals surface area contributed by atoms with E-state index >= 15 is 0 Å². The molecule has 0 saturated heterocycles. The average molecular weight is 266 g/mol. The molecular formula is C11H14N4S2. The maximum absolute atomic E-state index is 4.42. The van der Waals surface area contributed by atoms with Gasteiger partial charge in [-0.05, 0) is 36.9 Å². The molecule has 1 N–H and O–H groups in total. The third-order valence-electron chi connectivity index (χ3n) is 2.30. The van der Waals surface area contributed by atoms with Gasteiger partial charge in [0.15, 0.2) is 4.34 Å². The largest absolute Gasteiger partial charge is 0.310 e. The van der Waals surface area contributed by atoms with Gasteiger partial charge in [-0.15, -0.1) is 10.2 Å². The smallest absolute Gasteiger partial charge is 0.180 e. The predicted octanol–water partition coefficient (Wildman–Crippen LogP) is 2.75. The van der Waals surface area contributed by atoms with Crippen molar-refractivity contribution in [2.45, 2.75) is 29.3 Å². The molecule has 2 rings (SSSR count). The van der Waals surface area contributed by atoms with Crippen LogP contribution in [0.15, 0.2) is 33.2 Å². The first-order valence-corrected chi connectivity index (χ1v) is 7.12. The molecule has 17 heavy (non-hydrogen) atoms. The van der Waals surface area contributed by atoms with Crippen LogP contribution in [0, 0.1) is 0 Å². The van der Waals surface area contributed by atoms with E-state index in [0.717, 1.165) is 15.9 Å². The molecule has 0 spiro atoms. The van der Waals surface area contributed by atoms with Gasteiger partial charge in [0, 0.05) is 12.2 Å². The summed E-state index contributed by atoms with van der Waals surface area (Å²) in [5.74, 6) is 0. The van der Waals surface area contributed by atoms with Gasteiger partial charge in [-0.1, -0.05) is 24.3 Å². The van der Waals surface area contributed by atoms with Crippen LogP contribution in [-0.4, -0.2) is 21.7 Å². The Hall–Kier alpha value is -0.980. The monoisotopic (exact) mass is 266 g/mol. The van der Waals surface area contributed by atoms with Gasteiger partial charge in [0.1, 0.15) is 10.5 Å². The quantitative estimate of drug-likeness (QED) is 0.902. The Balaban J connectivity index is 2.02. The highest BCUT2D eigenvalue weighted by Crippen LogP contribution is 2.27. The Kier molecular flexibility index (Phi) is 4.47. The number of hydrogen-bond acceptors (Lipinski definition) is 6. The Bertz CT molecular complexity index is 441. The minimum Gasteiger partial charge on any atom is -0.310 e. The van der Waals surface area contributed by atoms with E-state index in [0.29, 0.717) is 6.04 Å². The first kappa shape index (κ1) is 12.5. The predicted molar refractivity (Wildman–Crippen MR) is 70.4 cm³/mol. The van der Waals surface area contributed by atoms with Crippen LogP contribution in [0.3, 0.4) is 0 Å². The molecular weight excluding hydrogens is 252 g/mol. The highest BCUT2D eigenvalue weighted by Gasteiger charge is 2.06. The fourth-order valence-corrected chi connectivity index (χ4v) is 2.79. The number of rotatable bonds is 5. The lowest BCUT2D eigenvalue weighted by molar-refractivity contribution is 0.595. The van der Waals surface area contributed by atoms with Crippen LogP contribution in [-0.2, 0) is 0 Å². The summed E-state index contributed by atoms with van der Waals surface area (Å²) < 4.78 is 0.921. The minimum atomic E-state index is 0.341. The fraction of sp³-hybridized carbons (Fsp3) is 0.364. The second-order valence-electron chi connectivity index (χ2n) is 3.52. The zero-order valence-corrected chi connectivity index (χ0v) is 11.4. The van der Waals surface area contributed by atoms with Gasteiger partial charge < -0.3 is 5.32 Å². The van der Waals surface area contributed by atoms with E-state index in [1.807, 2.05) is 12.3 Å². The summed E-state index contributed by atoms with van der Waals surface area (Å²) in [5, 5.41) is 12.1. The van der Waals surface area contributed by atoms with Crippen molar-refractivity contribution in [3.8, 4) is 0 Å². The number of hydrogen-bond donors (Lipinski definition) is 1. The van der Waals surface area contributed by atoms with E-state index in [-0.39, 0.29) is 0 Å². The summed E-state index contributed by atoms with van der Waals surface area (Å²) in [4.78, 5) is 4.42. The normalized spacial score (nSPS) is 12.6. The van der Waals surface area contributed by atoms with Crippen molar-refractivity contribution in [3.05, 3.63) is 29.4 Å². The van der Waals surface area contributed by atoms with Crippen LogP contribution in [0.2, 0.25) is 0 Å². The number of nitrogens with one attached hydrogen (secondary N) is 1. The van der Waals surface area contributed by atoms with Crippen LogP contribution < -0.4 is 5.32 Å². The molecule has 4 nitrogen and oxygen atoms in total. The van der Waals surface area contributed by atoms with Gasteiger partial charge in [0.05, 0.1) is 0 Å². The van der Waals surface area contributed by atoms with Crippen LogP contribution >= 0.6 is 23.1 Å². The van der Waals surface area contributed by atoms with E-state index < -0.39 is 0 Å². The van der Waals surface area contributed by atoms with E-state index in [1.165, 1.54) is 16.9 Å². The molecule has 0 amide bonds. The summed E-state index contributed by atoms with van der Waals surface area (Å²) in [6.45, 7) is 5.20. The number of nitrogens with zero attached hydrogens (tertiary/aromatic N) is 3. The highest BCUT2D eigenvalue weighted by atomic mass is 32.2. The van der Waals surface area contributed by atoms with E-state index in [1.54, 1.807) is 17.3 Å². The summed E-state index contributed by atoms with van der Waals surface area (Å²) in [6.07, 6.45) is 1.91. The second kappa shape index (κ2) is 6.09. The highest BCUT2D eigenvalue weighted by molar-refractivity contribution is 8.00. The van der Waals surface area contributed by atoms with Crippen molar-refractivity contribution in [1.29, 1.82) is 0 Å². The maximum Gasteiger partial charge on any atom is 0.180 e. The molecule has 0 aliphatic rings. The van der Waals surface area contributed by atoms with Gasteiger partial charge in [0.25, 0.3) is 0 Å². The molecule has 6 heteroatoms. The molecule has 0 bridgehead atoms. The maximum atomic E-state index is 4.42. The molecule has 2 aromatic rings. The van der Waals surface area contributed by atoms with Crippen LogP contribution in [0.1, 0.15) is 25.5 Å². The third kappa shape index (κ3) is 3.49. The van der Waals surface area contributed by atoms with Gasteiger partial charge in [-0.3, -0.25) is 0 Å². The number of pyridine rings is 1. The molecule has 0 radical (unpaired) electrons. The summed E-state index contributed by atoms with van der Waals surface area (Å²) >= 11 is 3.07. The van der Waals surface area contributed by atoms with Crippen molar-refractivity contribution in [2.24, 2.45) is 0 Å². The standard InChI is InChI=1S/C11H14N4S2/c1-3-12-8(2)9-4-5-10(13-6-9)17-11-15-14-7-16-11/h4-8,12H,3H2,1-2H3. The zero-order valence-electron chi connectivity index (χ0n) is 9.75. The minimum absolute atomic E-state index is 0.341. The van der Waals surface area contributed by atoms with Crippen molar-refractivity contribution >= 4 is 23.1 Å². The molecule has 0 aliphatic heterocycles. The van der Waals surface area contributed by atoms with Gasteiger partial charge >= 0.3 is 0 Å². The summed E-state index contributed by atoms with van der Waals surface area (Å²) in [5.41, 5.74) is 2.93. The summed E-state index contributed by atoms with van der Waals surface area (Å²) in [6, 6.07) is 4.46. The topological polar surface area (TPSA) is 50.7 Å². The fourth-order valence-electron chi connectivity index (χ4n) is 1.43. The molecule has 2 aromatic heterocycles. The average Bonchev–Trinajstić information content (AvgIpc) is 2.83. The lowest BCUT2D eigenvalue weighted by atomic mass is 10.1. The molecule has 0 fully saturated rings. The lowest BCUT2D eigenvalue weighted by Crippen LogP contribution is -2.17. The van der Waals surface area contributed by atoms with Crippen LogP contribution in [0.25, 0.3) is 0 Å². The third-order valence-corrected chi connectivity index (χ3v) is 4.03. The molecule has 0 aromatic carbocycles. The first-order chi connectivity index (χ1) is 8.29. The second-order valence-corrected chi connectivity index (χ2v) is 5.62. The lowest BCUT2D eigenvalue weighted by Gasteiger charge is -2.12. The SMILES string of the molecule is CCNC(C)c1ccc(Sc2nncs2)nc1. The Morgan fingerprint density at radius 2 is 2.35 bits per heavy atom. The van der Waals surface area contributed by atoms with Gasteiger partial charge in [0.2, 0.25) is 0 Å². The van der Waals surface area contributed by atoms with E-state index in [4.69, 9.17) is 0 Å². The van der Waals surface area contributed by atoms with Crippen molar-refractivity contribution in [2.75, 3.05) is 6.54 Å². The van der Waals surface area contributed by atoms with Gasteiger partial charge in [-0.2, -0.15) is 0 Å². The van der Waals surface area contributed by atoms with Crippen LogP contribution in [0.4, 0.5) is 0 Å². The summed E-state index contributed by atoms with van der Waals surface area (Å²) in [7, 11) is 0. The van der Waals surface area contributed by atoms with Crippen molar-refractivity contribution in [1.82, 2.24) is 20.5 Å². The first-order valence-electron chi connectivity index (χ1n) is 5.43. The molecule has 2 heterocycles. The Morgan fingerprint density at radius 3 is 2.94 bits per heavy atom. The molecule has 0 aliphatic carbocycles. The molecule has 0 saturated carbocycles. The van der Waals surface area contributed by atoms with E-state index in [2.05, 4.69) is 40.4 Å². The molecule has 1 atom stereocenters. The zero-order chi connectivity index (χ0) is 12.1. The molecule has 1 unspecified atom stereocenters. The van der Waals surface area contributed by atoms with Crippen LogP contribution in [0.5, 0.6) is 0 Å². The van der Waals surface area contributed by atoms with Crippen molar-refractivity contribution in [3.63, 3.8) is 0 Å². The Morgan fingerprint density at radius 1 is 1.47 bits per heavy atom.